The van der Waals surface area contributed by atoms with E-state index in [1.807, 2.05) is 26.0 Å². The molecule has 0 aromatic heterocycles. The van der Waals surface area contributed by atoms with E-state index in [9.17, 15) is 9.90 Å². The van der Waals surface area contributed by atoms with E-state index in [4.69, 9.17) is 9.47 Å². The van der Waals surface area contributed by atoms with Gasteiger partial charge in [-0.2, -0.15) is 0 Å². The van der Waals surface area contributed by atoms with Gasteiger partial charge in [0.15, 0.2) is 17.3 Å². The summed E-state index contributed by atoms with van der Waals surface area (Å²) in [4.78, 5) is 13.1. The second-order valence-electron chi connectivity index (χ2n) is 5.35. The van der Waals surface area contributed by atoms with Gasteiger partial charge in [-0.1, -0.05) is 22.0 Å². The number of phenolic OH excluding ortho intramolecular Hbond substituents is 1. The number of aryl methyl sites for hydroxylation is 2. The predicted molar refractivity (Wildman–Crippen MR) is 98.8 cm³/mol. The molecule has 2 aromatic rings. The molecule has 146 valence electrons. The van der Waals surface area contributed by atoms with Crippen LogP contribution < -0.4 is 46.7 Å². The molecule has 0 aliphatic heterocycles. The Labute approximate surface area is 197 Å². The fraction of sp³-hybridized carbons (Fsp3) is 0.278. The first-order valence-electron chi connectivity index (χ1n) is 7.08. The van der Waals surface area contributed by atoms with Crippen molar-refractivity contribution in [1.29, 1.82) is 0 Å². The van der Waals surface area contributed by atoms with Gasteiger partial charge in [0.05, 0.1) is 19.8 Å². The van der Waals surface area contributed by atoms with Crippen molar-refractivity contribution in [2.45, 2.75) is 20.8 Å². The Morgan fingerprint density at radius 1 is 0.963 bits per heavy atom. The average molecular weight is 513 g/mol. The summed E-state index contributed by atoms with van der Waals surface area (Å²) < 4.78 is 11.2. The van der Waals surface area contributed by atoms with Crippen molar-refractivity contribution in [3.8, 4) is 17.2 Å². The van der Waals surface area contributed by atoms with Crippen LogP contribution in [0.5, 0.6) is 17.2 Å². The number of benzene rings is 2. The van der Waals surface area contributed by atoms with E-state index < -0.39 is 0 Å². The quantitative estimate of drug-likeness (QED) is 0.329. The van der Waals surface area contributed by atoms with Crippen molar-refractivity contribution in [2.24, 2.45) is 0 Å². The minimum absolute atomic E-state index is 0. The molecule has 0 heterocycles. The Hall–Kier alpha value is -0.608. The minimum atomic E-state index is -0.239. The molecule has 0 bridgehead atoms. The molecule has 9 heteroatoms. The zero-order valence-corrected chi connectivity index (χ0v) is 20.5. The minimum Gasteiger partial charge on any atom is -1.00 e. The van der Waals surface area contributed by atoms with Gasteiger partial charge in [0.1, 0.15) is 0 Å². The summed E-state index contributed by atoms with van der Waals surface area (Å²) >= 11 is 3.45. The molecule has 0 radical (unpaired) electrons. The van der Waals surface area contributed by atoms with Crippen molar-refractivity contribution in [3.05, 3.63) is 50.5 Å². The van der Waals surface area contributed by atoms with Gasteiger partial charge in [-0.25, -0.2) is 0 Å². The van der Waals surface area contributed by atoms with Crippen molar-refractivity contribution >= 4 is 39.1 Å². The summed E-state index contributed by atoms with van der Waals surface area (Å²) in [6.45, 7) is 5.51. The van der Waals surface area contributed by atoms with Gasteiger partial charge in [-0.05, 0) is 49.6 Å². The van der Waals surface area contributed by atoms with Gasteiger partial charge in [0, 0.05) is 10.0 Å². The zero-order valence-electron chi connectivity index (χ0n) is 15.5. The van der Waals surface area contributed by atoms with Gasteiger partial charge in [-0.3, -0.25) is 4.79 Å². The molecule has 27 heavy (non-hydrogen) atoms. The number of phenols is 1. The van der Waals surface area contributed by atoms with Crippen LogP contribution in [0, 0.1) is 20.8 Å². The molecule has 4 nitrogen and oxygen atoms in total. The Kier molecular flexibility index (Phi) is 14.7. The van der Waals surface area contributed by atoms with E-state index in [0.29, 0.717) is 16.9 Å². The molecule has 0 saturated carbocycles. The summed E-state index contributed by atoms with van der Waals surface area (Å²) in [5, 5.41) is 10.5. The number of aromatic hydroxyl groups is 1. The molecule has 1 N–H and O–H groups in total. The standard InChI is InChI=1S/C18H19BrO4.Al.3ClH/c1-9-6-7-12(19)11(3)14(9)16(20)15-10(2)8-13(22-4)18(23-5)17(15)21;;;;/h6-8,21H,1-5H3;;3*1H/q;+3;;;/p-3. The number of carbonyl (C=O) groups is 1. The molecule has 0 fully saturated rings. The van der Waals surface area contributed by atoms with Crippen LogP contribution in [-0.2, 0) is 0 Å². The first kappa shape index (κ1) is 31.1. The largest absolute Gasteiger partial charge is 3.00 e. The smallest absolute Gasteiger partial charge is 1.00 e. The third-order valence-corrected chi connectivity index (χ3v) is 4.76. The number of rotatable bonds is 4. The summed E-state index contributed by atoms with van der Waals surface area (Å²) in [5.41, 5.74) is 3.12. The molecule has 0 aliphatic carbocycles. The molecule has 2 aromatic carbocycles. The molecule has 0 saturated heterocycles. The van der Waals surface area contributed by atoms with Crippen LogP contribution in [-0.4, -0.2) is 42.5 Å². The van der Waals surface area contributed by atoms with Crippen LogP contribution in [0.1, 0.15) is 32.6 Å². The number of hydrogen-bond acceptors (Lipinski definition) is 4. The fourth-order valence-electron chi connectivity index (χ4n) is 2.68. The maximum absolute atomic E-state index is 13.1. The maximum atomic E-state index is 13.1. The molecule has 0 aliphatic rings. The monoisotopic (exact) mass is 510 g/mol. The molecular weight excluding hydrogens is 493 g/mol. The van der Waals surface area contributed by atoms with Crippen LogP contribution in [0.4, 0.5) is 0 Å². The van der Waals surface area contributed by atoms with Crippen LogP contribution >= 0.6 is 15.9 Å². The van der Waals surface area contributed by atoms with Crippen molar-refractivity contribution in [2.75, 3.05) is 14.2 Å². The summed E-state index contributed by atoms with van der Waals surface area (Å²) in [7, 11) is 2.91. The molecule has 0 unspecified atom stereocenters. The number of halogens is 4. The topological polar surface area (TPSA) is 55.8 Å². The van der Waals surface area contributed by atoms with Gasteiger partial charge in [0.2, 0.25) is 5.75 Å². The summed E-state index contributed by atoms with van der Waals surface area (Å²) in [6, 6.07) is 5.47. The summed E-state index contributed by atoms with van der Waals surface area (Å²) in [5.74, 6) is 0.110. The molecule has 0 spiro atoms. The average Bonchev–Trinajstić information content (AvgIpc) is 2.50. The number of ketones is 1. The second-order valence-corrected chi connectivity index (χ2v) is 6.20. The van der Waals surface area contributed by atoms with Crippen LogP contribution in [0.3, 0.4) is 0 Å². The Balaban J connectivity index is -0.00000144. The van der Waals surface area contributed by atoms with Gasteiger partial charge >= 0.3 is 17.4 Å². The molecule has 2 rings (SSSR count). The Morgan fingerprint density at radius 2 is 1.52 bits per heavy atom. The number of carbonyl (C=O) groups excluding carboxylic acids is 1. The van der Waals surface area contributed by atoms with E-state index >= 15 is 0 Å². The SMILES string of the molecule is COc1cc(C)c(C(=O)c2c(C)ccc(Br)c2C)c(O)c1OC.[Al+3].[Cl-].[Cl-].[Cl-]. The van der Waals surface area contributed by atoms with Crippen molar-refractivity contribution < 1.29 is 56.6 Å². The Morgan fingerprint density at radius 3 is 2.00 bits per heavy atom. The zero-order chi connectivity index (χ0) is 17.3. The van der Waals surface area contributed by atoms with Crippen LogP contribution in [0.15, 0.2) is 22.7 Å². The number of ether oxygens (including phenoxy) is 2. The van der Waals surface area contributed by atoms with Gasteiger partial charge in [0.25, 0.3) is 0 Å². The number of hydrogen-bond donors (Lipinski definition) is 1. The van der Waals surface area contributed by atoms with Crippen molar-refractivity contribution in [1.82, 2.24) is 0 Å². The third-order valence-electron chi connectivity index (χ3n) is 3.90. The van der Waals surface area contributed by atoms with E-state index in [1.54, 1.807) is 13.0 Å². The Bertz CT molecular complexity index is 801. The third kappa shape index (κ3) is 5.93. The van der Waals surface area contributed by atoms with E-state index in [2.05, 4.69) is 15.9 Å². The summed E-state index contributed by atoms with van der Waals surface area (Å²) in [6.07, 6.45) is 0. The second kappa shape index (κ2) is 12.8. The molecule has 0 atom stereocenters. The first-order valence-corrected chi connectivity index (χ1v) is 7.87. The maximum Gasteiger partial charge on any atom is 3.00 e. The fourth-order valence-corrected chi connectivity index (χ4v) is 3.01. The van der Waals surface area contributed by atoms with Crippen LogP contribution in [0.2, 0.25) is 0 Å². The first-order chi connectivity index (χ1) is 10.8. The normalized spacial score (nSPS) is 8.96. The predicted octanol–water partition coefficient (Wildman–Crippen LogP) is -5.04. The number of methoxy groups -OCH3 is 2. The van der Waals surface area contributed by atoms with E-state index in [-0.39, 0.29) is 77.4 Å². The van der Waals surface area contributed by atoms with Crippen LogP contribution in [0.25, 0.3) is 0 Å². The van der Waals surface area contributed by atoms with E-state index in [0.717, 1.165) is 15.6 Å². The molecular formula is C18H19AlBrCl3O4. The van der Waals surface area contributed by atoms with Crippen molar-refractivity contribution in [3.63, 3.8) is 0 Å². The van der Waals surface area contributed by atoms with E-state index in [1.165, 1.54) is 14.2 Å². The van der Waals surface area contributed by atoms with Gasteiger partial charge in [-0.15, -0.1) is 0 Å². The molecule has 0 amide bonds. The van der Waals surface area contributed by atoms with Gasteiger partial charge < -0.3 is 51.8 Å².